The van der Waals surface area contributed by atoms with Gasteiger partial charge in [0.05, 0.1) is 17.5 Å². The number of hydrogen-bond acceptors (Lipinski definition) is 4. The number of rotatable bonds is 3. The van der Waals surface area contributed by atoms with Gasteiger partial charge in [0.1, 0.15) is 0 Å². The van der Waals surface area contributed by atoms with E-state index in [1.165, 1.54) is 12.8 Å². The van der Waals surface area contributed by atoms with E-state index in [0.717, 1.165) is 37.2 Å². The number of likely N-dealkylation sites (tertiary alicyclic amines) is 2. The minimum absolute atomic E-state index is 0.0957. The second-order valence-electron chi connectivity index (χ2n) is 6.79. The monoisotopic (exact) mass is 325 g/mol. The lowest BCUT2D eigenvalue weighted by Gasteiger charge is -2.33. The van der Waals surface area contributed by atoms with Gasteiger partial charge in [-0.3, -0.25) is 14.9 Å². The molecule has 1 N–H and O–H groups in total. The lowest BCUT2D eigenvalue weighted by atomic mass is 10.0. The van der Waals surface area contributed by atoms with E-state index in [4.69, 9.17) is 0 Å². The van der Waals surface area contributed by atoms with Gasteiger partial charge < -0.3 is 9.80 Å². The van der Waals surface area contributed by atoms with Crippen molar-refractivity contribution in [3.05, 3.63) is 36.3 Å². The summed E-state index contributed by atoms with van der Waals surface area (Å²) in [7, 11) is 2.18. The highest BCUT2D eigenvalue weighted by Crippen LogP contribution is 2.31. The summed E-state index contributed by atoms with van der Waals surface area (Å²) in [5.74, 6) is 0.0957. The van der Waals surface area contributed by atoms with Crippen molar-refractivity contribution in [1.29, 1.82) is 0 Å². The Hall–Kier alpha value is -2.21. The number of H-pyrrole nitrogens is 1. The van der Waals surface area contributed by atoms with Crippen molar-refractivity contribution >= 4 is 5.91 Å². The van der Waals surface area contributed by atoms with Gasteiger partial charge in [0.15, 0.2) is 0 Å². The van der Waals surface area contributed by atoms with E-state index in [-0.39, 0.29) is 5.91 Å². The van der Waals surface area contributed by atoms with Crippen molar-refractivity contribution in [2.75, 3.05) is 20.1 Å². The highest BCUT2D eigenvalue weighted by atomic mass is 16.2. The van der Waals surface area contributed by atoms with Crippen LogP contribution in [0.2, 0.25) is 0 Å². The van der Waals surface area contributed by atoms with E-state index in [2.05, 4.69) is 32.0 Å². The molecule has 1 amide bonds. The summed E-state index contributed by atoms with van der Waals surface area (Å²) in [6, 6.07) is 4.62. The molecule has 0 saturated carbocycles. The summed E-state index contributed by atoms with van der Waals surface area (Å²) in [6.07, 6.45) is 9.73. The van der Waals surface area contributed by atoms with Crippen LogP contribution in [0.15, 0.2) is 30.7 Å². The average molecular weight is 325 g/mol. The van der Waals surface area contributed by atoms with Crippen molar-refractivity contribution in [1.82, 2.24) is 25.0 Å². The first-order valence-corrected chi connectivity index (χ1v) is 8.70. The fourth-order valence-corrected chi connectivity index (χ4v) is 4.21. The lowest BCUT2D eigenvalue weighted by molar-refractivity contribution is 0.0665. The molecule has 0 aliphatic carbocycles. The maximum atomic E-state index is 13.2. The minimum Gasteiger partial charge on any atom is -0.334 e. The quantitative estimate of drug-likeness (QED) is 0.939. The summed E-state index contributed by atoms with van der Waals surface area (Å²) < 4.78 is 0. The normalized spacial score (nSPS) is 24.6. The summed E-state index contributed by atoms with van der Waals surface area (Å²) >= 11 is 0. The molecule has 2 aromatic rings. The first-order chi connectivity index (χ1) is 11.8. The number of nitrogens with one attached hydrogen (secondary N) is 1. The van der Waals surface area contributed by atoms with Crippen LogP contribution >= 0.6 is 0 Å². The zero-order chi connectivity index (χ0) is 16.5. The number of carbonyl (C=O) groups excluding carboxylic acids is 1. The fourth-order valence-electron chi connectivity index (χ4n) is 4.21. The smallest absolute Gasteiger partial charge is 0.257 e. The molecule has 2 aliphatic rings. The van der Waals surface area contributed by atoms with Crippen LogP contribution in [-0.2, 0) is 0 Å². The van der Waals surface area contributed by atoms with E-state index >= 15 is 0 Å². The van der Waals surface area contributed by atoms with E-state index in [0.29, 0.717) is 17.6 Å². The van der Waals surface area contributed by atoms with Crippen LogP contribution in [0.25, 0.3) is 11.3 Å². The van der Waals surface area contributed by atoms with Crippen LogP contribution in [0, 0.1) is 0 Å². The predicted molar refractivity (Wildman–Crippen MR) is 91.5 cm³/mol. The number of amides is 1. The number of nitrogens with zero attached hydrogens (tertiary/aromatic N) is 4. The van der Waals surface area contributed by atoms with E-state index in [9.17, 15) is 4.79 Å². The van der Waals surface area contributed by atoms with Crippen LogP contribution in [-0.4, -0.2) is 63.1 Å². The van der Waals surface area contributed by atoms with Crippen LogP contribution in [0.5, 0.6) is 0 Å². The number of likely N-dealkylation sites (N-methyl/N-ethyl adjacent to an activating group) is 1. The van der Waals surface area contributed by atoms with Crippen molar-refractivity contribution in [2.24, 2.45) is 0 Å². The molecule has 0 unspecified atom stereocenters. The third-order valence-electron chi connectivity index (χ3n) is 5.42. The molecular formula is C18H23N5O. The predicted octanol–water partition coefficient (Wildman–Crippen LogP) is 2.17. The second kappa shape index (κ2) is 6.36. The summed E-state index contributed by atoms with van der Waals surface area (Å²) in [5.41, 5.74) is 2.39. The van der Waals surface area contributed by atoms with Crippen LogP contribution in [0.4, 0.5) is 0 Å². The first kappa shape index (κ1) is 15.3. The molecule has 4 heterocycles. The standard InChI is InChI=1S/C18H23N5O/c1-22-10-2-4-15(22)16-5-3-11-23(16)18(24)14-12-20-21-17(14)13-6-8-19-9-7-13/h6-9,12,15-16H,2-5,10-11H2,1H3,(H,20,21)/t15-,16-/m0/s1. The van der Waals surface area contributed by atoms with Crippen molar-refractivity contribution in [3.63, 3.8) is 0 Å². The Morgan fingerprint density at radius 1 is 1.17 bits per heavy atom. The molecule has 2 aromatic heterocycles. The Kier molecular flexibility index (Phi) is 4.06. The summed E-state index contributed by atoms with van der Waals surface area (Å²) in [6.45, 7) is 1.98. The van der Waals surface area contributed by atoms with Crippen molar-refractivity contribution in [2.45, 2.75) is 37.8 Å². The van der Waals surface area contributed by atoms with Gasteiger partial charge >= 0.3 is 0 Å². The van der Waals surface area contributed by atoms with E-state index in [1.54, 1.807) is 18.6 Å². The molecule has 6 nitrogen and oxygen atoms in total. The zero-order valence-corrected chi connectivity index (χ0v) is 14.0. The van der Waals surface area contributed by atoms with Crippen LogP contribution in [0.1, 0.15) is 36.0 Å². The third kappa shape index (κ3) is 2.60. The molecule has 0 spiro atoms. The zero-order valence-electron chi connectivity index (χ0n) is 14.0. The summed E-state index contributed by atoms with van der Waals surface area (Å²) in [5, 5.41) is 7.11. The van der Waals surface area contributed by atoms with Gasteiger partial charge in [-0.05, 0) is 51.4 Å². The van der Waals surface area contributed by atoms with E-state index < -0.39 is 0 Å². The Bertz CT molecular complexity index is 713. The molecule has 24 heavy (non-hydrogen) atoms. The number of pyridine rings is 1. The molecule has 2 atom stereocenters. The molecule has 0 radical (unpaired) electrons. The maximum Gasteiger partial charge on any atom is 0.257 e. The van der Waals surface area contributed by atoms with Gasteiger partial charge in [0.2, 0.25) is 0 Å². The Balaban J connectivity index is 1.61. The Morgan fingerprint density at radius 3 is 2.67 bits per heavy atom. The van der Waals surface area contributed by atoms with Gasteiger partial charge in [-0.1, -0.05) is 0 Å². The highest BCUT2D eigenvalue weighted by Gasteiger charge is 2.39. The molecule has 2 saturated heterocycles. The number of aromatic amines is 1. The van der Waals surface area contributed by atoms with Crippen molar-refractivity contribution in [3.8, 4) is 11.3 Å². The first-order valence-electron chi connectivity index (χ1n) is 8.70. The molecule has 0 aromatic carbocycles. The van der Waals surface area contributed by atoms with Crippen molar-refractivity contribution < 1.29 is 4.79 Å². The Morgan fingerprint density at radius 2 is 1.92 bits per heavy atom. The molecule has 2 aliphatic heterocycles. The molecular weight excluding hydrogens is 302 g/mol. The maximum absolute atomic E-state index is 13.2. The molecule has 126 valence electrons. The molecule has 6 heteroatoms. The minimum atomic E-state index is 0.0957. The third-order valence-corrected chi connectivity index (χ3v) is 5.42. The van der Waals surface area contributed by atoms with Crippen LogP contribution < -0.4 is 0 Å². The van der Waals surface area contributed by atoms with E-state index in [1.807, 2.05) is 12.1 Å². The molecule has 4 rings (SSSR count). The Labute approximate surface area is 141 Å². The molecule has 0 bridgehead atoms. The van der Waals surface area contributed by atoms with Gasteiger partial charge in [0.25, 0.3) is 5.91 Å². The van der Waals surface area contributed by atoms with Crippen LogP contribution in [0.3, 0.4) is 0 Å². The van der Waals surface area contributed by atoms with Gasteiger partial charge in [-0.15, -0.1) is 0 Å². The largest absolute Gasteiger partial charge is 0.334 e. The second-order valence-corrected chi connectivity index (χ2v) is 6.79. The number of hydrogen-bond donors (Lipinski definition) is 1. The number of carbonyl (C=O) groups is 1. The number of aromatic nitrogens is 3. The molecule has 2 fully saturated rings. The highest BCUT2D eigenvalue weighted by molar-refractivity contribution is 6.00. The van der Waals surface area contributed by atoms with Gasteiger partial charge in [0, 0.05) is 36.6 Å². The topological polar surface area (TPSA) is 65.1 Å². The average Bonchev–Trinajstić information content (AvgIpc) is 3.34. The fraction of sp³-hybridized carbons (Fsp3) is 0.500. The lowest BCUT2D eigenvalue weighted by Crippen LogP contribution is -2.47. The summed E-state index contributed by atoms with van der Waals surface area (Å²) in [4.78, 5) is 21.7. The van der Waals surface area contributed by atoms with Gasteiger partial charge in [-0.2, -0.15) is 5.10 Å². The van der Waals surface area contributed by atoms with Gasteiger partial charge in [-0.25, -0.2) is 0 Å². The SMILES string of the molecule is CN1CCC[C@H]1[C@@H]1CCCN1C(=O)c1cn[nH]c1-c1ccncc1.